The molecule has 1 aromatic rings. The number of carbonyl (C=O) groups is 1. The third kappa shape index (κ3) is 2.72. The highest BCUT2D eigenvalue weighted by molar-refractivity contribution is 5.80. The molecule has 1 aliphatic heterocycles. The fourth-order valence-electron chi connectivity index (χ4n) is 2.54. The van der Waals surface area contributed by atoms with Crippen LogP contribution >= 0.6 is 0 Å². The van der Waals surface area contributed by atoms with Crippen molar-refractivity contribution in [1.29, 1.82) is 0 Å². The summed E-state index contributed by atoms with van der Waals surface area (Å²) in [6.45, 7) is 7.45. The van der Waals surface area contributed by atoms with Crippen LogP contribution in [-0.4, -0.2) is 29.6 Å². The Morgan fingerprint density at radius 2 is 2.00 bits per heavy atom. The van der Waals surface area contributed by atoms with Crippen molar-refractivity contribution in [2.45, 2.75) is 39.4 Å². The minimum atomic E-state index is -0.0767. The van der Waals surface area contributed by atoms with Crippen LogP contribution < -0.4 is 0 Å². The Kier molecular flexibility index (Phi) is 4.02. The van der Waals surface area contributed by atoms with Crippen LogP contribution in [0.25, 0.3) is 0 Å². The van der Waals surface area contributed by atoms with Gasteiger partial charge in [-0.3, -0.25) is 9.69 Å². The molecule has 3 heteroatoms. The SMILES string of the molecule is CCOC(=O)C1C(C(C)C)N1Cc1ccccc1. The van der Waals surface area contributed by atoms with Gasteiger partial charge in [0.1, 0.15) is 6.04 Å². The van der Waals surface area contributed by atoms with Crippen molar-refractivity contribution < 1.29 is 9.53 Å². The molecular formula is C15H21NO2. The maximum Gasteiger partial charge on any atom is 0.325 e. The van der Waals surface area contributed by atoms with Crippen molar-refractivity contribution in [2.24, 2.45) is 5.92 Å². The third-order valence-electron chi connectivity index (χ3n) is 3.39. The summed E-state index contributed by atoms with van der Waals surface area (Å²) in [7, 11) is 0. The number of carbonyl (C=O) groups excluding carboxylic acids is 1. The summed E-state index contributed by atoms with van der Waals surface area (Å²) in [5, 5.41) is 0. The van der Waals surface area contributed by atoms with Crippen molar-refractivity contribution in [3.63, 3.8) is 0 Å². The van der Waals surface area contributed by atoms with Gasteiger partial charge in [0.15, 0.2) is 0 Å². The number of rotatable bonds is 5. The number of ether oxygens (including phenoxy) is 1. The number of benzene rings is 1. The summed E-state index contributed by atoms with van der Waals surface area (Å²) in [4.78, 5) is 14.1. The van der Waals surface area contributed by atoms with Crippen molar-refractivity contribution in [1.82, 2.24) is 4.90 Å². The number of hydrogen-bond acceptors (Lipinski definition) is 3. The Morgan fingerprint density at radius 3 is 2.56 bits per heavy atom. The van der Waals surface area contributed by atoms with Gasteiger partial charge < -0.3 is 4.74 Å². The van der Waals surface area contributed by atoms with E-state index in [1.165, 1.54) is 5.56 Å². The van der Waals surface area contributed by atoms with Crippen LogP contribution in [0.2, 0.25) is 0 Å². The lowest BCUT2D eigenvalue weighted by atomic mass is 10.1. The van der Waals surface area contributed by atoms with Crippen LogP contribution in [0.4, 0.5) is 0 Å². The van der Waals surface area contributed by atoms with E-state index in [0.717, 1.165) is 6.54 Å². The molecule has 0 saturated carbocycles. The van der Waals surface area contributed by atoms with E-state index in [-0.39, 0.29) is 12.0 Å². The predicted octanol–water partition coefficient (Wildman–Crippen LogP) is 2.46. The van der Waals surface area contributed by atoms with Crippen LogP contribution in [0, 0.1) is 5.92 Å². The zero-order chi connectivity index (χ0) is 13.1. The molecule has 0 N–H and O–H groups in total. The van der Waals surface area contributed by atoms with Crippen molar-refractivity contribution in [2.75, 3.05) is 6.61 Å². The Hall–Kier alpha value is -1.35. The maximum atomic E-state index is 11.9. The van der Waals surface area contributed by atoms with Gasteiger partial charge in [0.25, 0.3) is 0 Å². The Bertz CT molecular complexity index is 402. The fraction of sp³-hybridized carbons (Fsp3) is 0.533. The number of esters is 1. The highest BCUT2D eigenvalue weighted by Gasteiger charge is 2.54. The Balaban J connectivity index is 2.01. The van der Waals surface area contributed by atoms with Gasteiger partial charge >= 0.3 is 5.97 Å². The van der Waals surface area contributed by atoms with Gasteiger partial charge in [-0.2, -0.15) is 0 Å². The molecule has 1 heterocycles. The first kappa shape index (κ1) is 13.1. The number of nitrogens with zero attached hydrogens (tertiary/aromatic N) is 1. The summed E-state index contributed by atoms with van der Waals surface area (Å²) < 4.78 is 5.13. The maximum absolute atomic E-state index is 11.9. The molecular weight excluding hydrogens is 226 g/mol. The average Bonchev–Trinajstić information content (AvgIpc) is 3.05. The van der Waals surface area contributed by atoms with Crippen LogP contribution in [0.15, 0.2) is 30.3 Å². The zero-order valence-corrected chi connectivity index (χ0v) is 11.3. The summed E-state index contributed by atoms with van der Waals surface area (Å²) in [5.41, 5.74) is 1.25. The first-order chi connectivity index (χ1) is 8.65. The molecule has 1 saturated heterocycles. The molecule has 3 atom stereocenters. The zero-order valence-electron chi connectivity index (χ0n) is 11.3. The van der Waals surface area contributed by atoms with Gasteiger partial charge in [0.05, 0.1) is 6.61 Å². The molecule has 1 fully saturated rings. The lowest BCUT2D eigenvalue weighted by Crippen LogP contribution is -2.17. The molecule has 18 heavy (non-hydrogen) atoms. The van der Waals surface area contributed by atoms with E-state index < -0.39 is 0 Å². The molecule has 98 valence electrons. The fourth-order valence-corrected chi connectivity index (χ4v) is 2.54. The summed E-state index contributed by atoms with van der Waals surface area (Å²) >= 11 is 0. The lowest BCUT2D eigenvalue weighted by Gasteiger charge is -2.05. The van der Waals surface area contributed by atoms with Crippen LogP contribution in [-0.2, 0) is 16.1 Å². The molecule has 0 amide bonds. The highest BCUT2D eigenvalue weighted by atomic mass is 16.5. The van der Waals surface area contributed by atoms with Crippen molar-refractivity contribution in [3.8, 4) is 0 Å². The third-order valence-corrected chi connectivity index (χ3v) is 3.39. The minimum absolute atomic E-state index is 0.0508. The van der Waals surface area contributed by atoms with E-state index in [9.17, 15) is 4.79 Å². The molecule has 0 aromatic heterocycles. The van der Waals surface area contributed by atoms with E-state index in [4.69, 9.17) is 4.74 Å². The monoisotopic (exact) mass is 247 g/mol. The quantitative estimate of drug-likeness (QED) is 0.591. The predicted molar refractivity (Wildman–Crippen MR) is 71.0 cm³/mol. The van der Waals surface area contributed by atoms with Gasteiger partial charge in [0, 0.05) is 12.6 Å². The second kappa shape index (κ2) is 5.53. The van der Waals surface area contributed by atoms with E-state index in [1.54, 1.807) is 0 Å². The molecule has 1 aliphatic rings. The lowest BCUT2D eigenvalue weighted by molar-refractivity contribution is -0.143. The summed E-state index contributed by atoms with van der Waals surface area (Å²) in [6.07, 6.45) is 0. The van der Waals surface area contributed by atoms with Gasteiger partial charge in [0.2, 0.25) is 0 Å². The molecule has 0 spiro atoms. The molecule has 3 unspecified atom stereocenters. The average molecular weight is 247 g/mol. The minimum Gasteiger partial charge on any atom is -0.465 e. The van der Waals surface area contributed by atoms with Crippen LogP contribution in [0.1, 0.15) is 26.3 Å². The molecule has 0 radical (unpaired) electrons. The van der Waals surface area contributed by atoms with Gasteiger partial charge in [-0.05, 0) is 18.4 Å². The van der Waals surface area contributed by atoms with E-state index >= 15 is 0 Å². The molecule has 1 aromatic carbocycles. The molecule has 0 bridgehead atoms. The first-order valence-corrected chi connectivity index (χ1v) is 6.61. The number of hydrogen-bond donors (Lipinski definition) is 0. The second-order valence-electron chi connectivity index (χ2n) is 5.09. The summed E-state index contributed by atoms with van der Waals surface area (Å²) in [6, 6.07) is 10.5. The highest BCUT2D eigenvalue weighted by Crippen LogP contribution is 2.36. The smallest absolute Gasteiger partial charge is 0.325 e. The summed E-state index contributed by atoms with van der Waals surface area (Å²) in [5.74, 6) is 0.398. The Labute approximate surface area is 109 Å². The van der Waals surface area contributed by atoms with Gasteiger partial charge in [-0.15, -0.1) is 0 Å². The van der Waals surface area contributed by atoms with E-state index in [2.05, 4.69) is 30.9 Å². The van der Waals surface area contributed by atoms with E-state index in [1.807, 2.05) is 25.1 Å². The standard InChI is InChI=1S/C15H21NO2/c1-4-18-15(17)14-13(11(2)3)16(14)10-12-8-6-5-7-9-12/h5-9,11,13-14H,4,10H2,1-3H3. The molecule has 2 rings (SSSR count). The van der Waals surface area contributed by atoms with Gasteiger partial charge in [-0.25, -0.2) is 0 Å². The van der Waals surface area contributed by atoms with E-state index in [0.29, 0.717) is 18.6 Å². The largest absolute Gasteiger partial charge is 0.465 e. The van der Waals surface area contributed by atoms with Gasteiger partial charge in [-0.1, -0.05) is 44.2 Å². The Morgan fingerprint density at radius 1 is 1.33 bits per heavy atom. The van der Waals surface area contributed by atoms with Crippen LogP contribution in [0.3, 0.4) is 0 Å². The molecule has 0 aliphatic carbocycles. The second-order valence-corrected chi connectivity index (χ2v) is 5.09. The normalized spacial score (nSPS) is 26.1. The molecule has 3 nitrogen and oxygen atoms in total. The topological polar surface area (TPSA) is 29.3 Å². The van der Waals surface area contributed by atoms with Crippen LogP contribution in [0.5, 0.6) is 0 Å². The first-order valence-electron chi connectivity index (χ1n) is 6.61. The van der Waals surface area contributed by atoms with Crippen molar-refractivity contribution >= 4 is 5.97 Å². The van der Waals surface area contributed by atoms with Crippen molar-refractivity contribution in [3.05, 3.63) is 35.9 Å².